The Bertz CT molecular complexity index is 614. The molecule has 0 spiro atoms. The number of benzene rings is 2. The van der Waals surface area contributed by atoms with Crippen LogP contribution in [0.1, 0.15) is 0 Å². The molecule has 2 aromatic rings. The second-order valence-electron chi connectivity index (χ2n) is 4.71. The zero-order valence-corrected chi connectivity index (χ0v) is 13.5. The largest absolute Gasteiger partial charge is 0.378 e. The van der Waals surface area contributed by atoms with Gasteiger partial charge in [0.2, 0.25) is 5.91 Å². The topological polar surface area (TPSA) is 32.3 Å². The van der Waals surface area contributed by atoms with Gasteiger partial charge >= 0.3 is 0 Å². The Morgan fingerprint density at radius 2 is 1.81 bits per heavy atom. The lowest BCUT2D eigenvalue weighted by Gasteiger charge is -2.13. The fourth-order valence-corrected chi connectivity index (χ4v) is 2.78. The van der Waals surface area contributed by atoms with Gasteiger partial charge in [0.05, 0.1) is 10.8 Å². The lowest BCUT2D eigenvalue weighted by atomic mass is 10.2. The molecule has 21 heavy (non-hydrogen) atoms. The van der Waals surface area contributed by atoms with Crippen LogP contribution in [0, 0.1) is 0 Å². The van der Waals surface area contributed by atoms with Crippen LogP contribution < -0.4 is 10.2 Å². The molecule has 0 saturated heterocycles. The van der Waals surface area contributed by atoms with Crippen molar-refractivity contribution in [2.75, 3.05) is 30.1 Å². The highest BCUT2D eigenvalue weighted by Gasteiger charge is 2.06. The third kappa shape index (κ3) is 4.69. The first-order valence-electron chi connectivity index (χ1n) is 6.51. The molecule has 1 amide bonds. The van der Waals surface area contributed by atoms with Crippen molar-refractivity contribution < 1.29 is 4.79 Å². The van der Waals surface area contributed by atoms with Crippen LogP contribution in [-0.4, -0.2) is 25.8 Å². The van der Waals surface area contributed by atoms with Crippen LogP contribution in [0.15, 0.2) is 53.4 Å². The number of nitrogens with zero attached hydrogens (tertiary/aromatic N) is 1. The summed E-state index contributed by atoms with van der Waals surface area (Å²) in [6.07, 6.45) is 0. The van der Waals surface area contributed by atoms with E-state index in [2.05, 4.69) is 5.32 Å². The molecule has 0 bridgehead atoms. The second-order valence-corrected chi connectivity index (χ2v) is 6.13. The van der Waals surface area contributed by atoms with Crippen LogP contribution in [0.3, 0.4) is 0 Å². The molecule has 1 N–H and O–H groups in total. The van der Waals surface area contributed by atoms with E-state index in [-0.39, 0.29) is 5.91 Å². The van der Waals surface area contributed by atoms with Crippen LogP contribution in [0.2, 0.25) is 5.02 Å². The third-order valence-corrected chi connectivity index (χ3v) is 4.38. The molecular weight excluding hydrogens is 304 g/mol. The van der Waals surface area contributed by atoms with E-state index in [0.717, 1.165) is 16.3 Å². The van der Waals surface area contributed by atoms with E-state index < -0.39 is 0 Å². The maximum absolute atomic E-state index is 11.9. The Hall–Kier alpha value is -1.65. The average Bonchev–Trinajstić information content (AvgIpc) is 2.47. The number of thioether (sulfide) groups is 1. The molecule has 0 heterocycles. The Balaban J connectivity index is 1.88. The van der Waals surface area contributed by atoms with Gasteiger partial charge in [0, 0.05) is 30.4 Å². The molecule has 2 rings (SSSR count). The van der Waals surface area contributed by atoms with E-state index in [9.17, 15) is 4.79 Å². The summed E-state index contributed by atoms with van der Waals surface area (Å²) in [6, 6.07) is 15.2. The van der Waals surface area contributed by atoms with Crippen molar-refractivity contribution in [2.24, 2.45) is 0 Å². The number of amides is 1. The van der Waals surface area contributed by atoms with Crippen molar-refractivity contribution in [3.05, 3.63) is 53.6 Å². The maximum Gasteiger partial charge on any atom is 0.234 e. The summed E-state index contributed by atoms with van der Waals surface area (Å²) in [7, 11) is 3.96. The van der Waals surface area contributed by atoms with Gasteiger partial charge in [0.25, 0.3) is 0 Å². The van der Waals surface area contributed by atoms with Crippen LogP contribution in [0.5, 0.6) is 0 Å². The van der Waals surface area contributed by atoms with E-state index in [4.69, 9.17) is 11.6 Å². The average molecular weight is 321 g/mol. The summed E-state index contributed by atoms with van der Waals surface area (Å²) >= 11 is 7.49. The van der Waals surface area contributed by atoms with Crippen molar-refractivity contribution in [1.82, 2.24) is 0 Å². The van der Waals surface area contributed by atoms with Crippen LogP contribution >= 0.6 is 23.4 Å². The van der Waals surface area contributed by atoms with Gasteiger partial charge in [-0.15, -0.1) is 11.8 Å². The number of rotatable bonds is 5. The first-order valence-corrected chi connectivity index (χ1v) is 7.87. The van der Waals surface area contributed by atoms with Crippen LogP contribution in [0.4, 0.5) is 11.4 Å². The zero-order valence-electron chi connectivity index (χ0n) is 12.0. The first kappa shape index (κ1) is 15.7. The Labute approximate surface area is 134 Å². The van der Waals surface area contributed by atoms with Crippen molar-refractivity contribution in [3.8, 4) is 0 Å². The molecule has 110 valence electrons. The monoisotopic (exact) mass is 320 g/mol. The van der Waals surface area contributed by atoms with Crippen molar-refractivity contribution in [1.29, 1.82) is 0 Å². The van der Waals surface area contributed by atoms with E-state index in [1.807, 2.05) is 67.5 Å². The Morgan fingerprint density at radius 1 is 1.14 bits per heavy atom. The van der Waals surface area contributed by atoms with Crippen molar-refractivity contribution in [3.63, 3.8) is 0 Å². The molecule has 2 aromatic carbocycles. The highest BCUT2D eigenvalue weighted by molar-refractivity contribution is 8.00. The van der Waals surface area contributed by atoms with E-state index >= 15 is 0 Å². The fraction of sp³-hybridized carbons (Fsp3) is 0.188. The predicted molar refractivity (Wildman–Crippen MR) is 91.6 cm³/mol. The van der Waals surface area contributed by atoms with Crippen molar-refractivity contribution in [2.45, 2.75) is 4.90 Å². The summed E-state index contributed by atoms with van der Waals surface area (Å²) in [4.78, 5) is 14.9. The van der Waals surface area contributed by atoms with E-state index in [0.29, 0.717) is 10.8 Å². The highest BCUT2D eigenvalue weighted by Crippen LogP contribution is 2.26. The molecule has 5 heteroatoms. The molecular formula is C16H17ClN2OS. The number of halogens is 1. The molecule has 0 aliphatic carbocycles. The standard InChI is InChI=1S/C16H17ClN2OS/c1-19(2)13-9-7-12(8-10-13)18-16(20)11-21-15-6-4-3-5-14(15)17/h3-10H,11H2,1-2H3,(H,18,20). The quantitative estimate of drug-likeness (QED) is 0.840. The number of nitrogens with one attached hydrogen (secondary N) is 1. The summed E-state index contributed by atoms with van der Waals surface area (Å²) in [5.74, 6) is 0.289. The smallest absolute Gasteiger partial charge is 0.234 e. The number of hydrogen-bond acceptors (Lipinski definition) is 3. The van der Waals surface area contributed by atoms with Gasteiger partial charge in [-0.3, -0.25) is 4.79 Å². The summed E-state index contributed by atoms with van der Waals surface area (Å²) in [6.45, 7) is 0. The van der Waals surface area contributed by atoms with Gasteiger partial charge in [-0.05, 0) is 36.4 Å². The van der Waals surface area contributed by atoms with Gasteiger partial charge in [-0.25, -0.2) is 0 Å². The minimum Gasteiger partial charge on any atom is -0.378 e. The molecule has 0 atom stereocenters. The lowest BCUT2D eigenvalue weighted by molar-refractivity contribution is -0.113. The minimum atomic E-state index is -0.0440. The summed E-state index contributed by atoms with van der Waals surface area (Å²) in [5, 5.41) is 3.55. The molecule has 0 unspecified atom stereocenters. The molecule has 3 nitrogen and oxygen atoms in total. The highest BCUT2D eigenvalue weighted by atomic mass is 35.5. The molecule has 0 aliphatic heterocycles. The number of hydrogen-bond donors (Lipinski definition) is 1. The van der Waals surface area contributed by atoms with Gasteiger partial charge in [0.15, 0.2) is 0 Å². The predicted octanol–water partition coefficient (Wildman–Crippen LogP) is 4.14. The lowest BCUT2D eigenvalue weighted by Crippen LogP contribution is -2.14. The molecule has 0 saturated carbocycles. The number of carbonyl (C=O) groups excluding carboxylic acids is 1. The van der Waals surface area contributed by atoms with Gasteiger partial charge < -0.3 is 10.2 Å². The van der Waals surface area contributed by atoms with E-state index in [1.165, 1.54) is 11.8 Å². The SMILES string of the molecule is CN(C)c1ccc(NC(=O)CSc2ccccc2Cl)cc1. The summed E-state index contributed by atoms with van der Waals surface area (Å²) < 4.78 is 0. The molecule has 0 aromatic heterocycles. The van der Waals surface area contributed by atoms with E-state index in [1.54, 1.807) is 0 Å². The second kappa shape index (κ2) is 7.38. The zero-order chi connectivity index (χ0) is 15.2. The van der Waals surface area contributed by atoms with Gasteiger partial charge in [-0.2, -0.15) is 0 Å². The maximum atomic E-state index is 11.9. The first-order chi connectivity index (χ1) is 10.1. The third-order valence-electron chi connectivity index (χ3n) is 2.86. The Kier molecular flexibility index (Phi) is 5.53. The van der Waals surface area contributed by atoms with Crippen LogP contribution in [-0.2, 0) is 4.79 Å². The number of anilines is 2. The fourth-order valence-electron chi connectivity index (χ4n) is 1.75. The molecule has 0 fully saturated rings. The molecule has 0 aliphatic rings. The van der Waals surface area contributed by atoms with Gasteiger partial charge in [0.1, 0.15) is 0 Å². The molecule has 0 radical (unpaired) electrons. The van der Waals surface area contributed by atoms with Gasteiger partial charge in [-0.1, -0.05) is 23.7 Å². The minimum absolute atomic E-state index is 0.0440. The van der Waals surface area contributed by atoms with Crippen LogP contribution in [0.25, 0.3) is 0 Å². The normalized spacial score (nSPS) is 10.2. The van der Waals surface area contributed by atoms with Crippen molar-refractivity contribution >= 4 is 40.6 Å². The summed E-state index contributed by atoms with van der Waals surface area (Å²) in [5.41, 5.74) is 1.89. The number of carbonyl (C=O) groups is 1. The Morgan fingerprint density at radius 3 is 2.43 bits per heavy atom.